The lowest BCUT2D eigenvalue weighted by atomic mass is 10.1. The molecule has 134 valence electrons. The Morgan fingerprint density at radius 3 is 2.77 bits per heavy atom. The van der Waals surface area contributed by atoms with E-state index in [0.29, 0.717) is 23.6 Å². The number of benzene rings is 1. The van der Waals surface area contributed by atoms with E-state index in [1.165, 1.54) is 12.5 Å². The molecule has 10 heteroatoms. The molecule has 0 bridgehead atoms. The van der Waals surface area contributed by atoms with E-state index in [4.69, 9.17) is 9.47 Å². The van der Waals surface area contributed by atoms with Gasteiger partial charge in [-0.1, -0.05) is 6.07 Å². The lowest BCUT2D eigenvalue weighted by Crippen LogP contribution is -2.18. The predicted molar refractivity (Wildman–Crippen MR) is 94.8 cm³/mol. The van der Waals surface area contributed by atoms with E-state index < -0.39 is 0 Å². The lowest BCUT2D eigenvalue weighted by molar-refractivity contribution is 0.354. The molecule has 0 atom stereocenters. The average molecular weight is 355 g/mol. The number of hydrogen-bond acceptors (Lipinski definition) is 8. The molecule has 10 nitrogen and oxygen atoms in total. The van der Waals surface area contributed by atoms with Crippen molar-refractivity contribution in [3.8, 4) is 11.5 Å². The maximum Gasteiger partial charge on any atom is 0.274 e. The van der Waals surface area contributed by atoms with Gasteiger partial charge in [0.15, 0.2) is 11.5 Å². The topological polar surface area (TPSA) is 130 Å². The van der Waals surface area contributed by atoms with Gasteiger partial charge in [-0.3, -0.25) is 9.78 Å². The van der Waals surface area contributed by atoms with E-state index in [2.05, 4.69) is 35.7 Å². The van der Waals surface area contributed by atoms with Crippen LogP contribution in [0.15, 0.2) is 40.6 Å². The number of imidazole rings is 1. The number of methoxy groups -OCH3 is 2. The third-order valence-electron chi connectivity index (χ3n) is 3.48. The normalized spacial score (nSPS) is 10.8. The minimum absolute atomic E-state index is 0.141. The van der Waals surface area contributed by atoms with E-state index in [1.54, 1.807) is 32.5 Å². The Morgan fingerprint density at radius 2 is 2.08 bits per heavy atom. The second-order valence-electron chi connectivity index (χ2n) is 5.19. The van der Waals surface area contributed by atoms with E-state index in [1.807, 2.05) is 6.07 Å². The monoisotopic (exact) mass is 355 g/mol. The summed E-state index contributed by atoms with van der Waals surface area (Å²) in [6.07, 6.45) is 4.95. The van der Waals surface area contributed by atoms with Gasteiger partial charge in [0.1, 0.15) is 5.69 Å². The summed E-state index contributed by atoms with van der Waals surface area (Å²) in [5.74, 6) is 1.34. The fraction of sp³-hybridized carbons (Fsp3) is 0.188. The molecule has 0 radical (unpaired) electrons. The maximum atomic E-state index is 12.2. The molecule has 0 unspecified atom stereocenters. The number of nitrogens with zero attached hydrogens (tertiary/aromatic N) is 4. The highest BCUT2D eigenvalue weighted by Crippen LogP contribution is 2.27. The fourth-order valence-electron chi connectivity index (χ4n) is 2.21. The van der Waals surface area contributed by atoms with E-state index in [9.17, 15) is 4.79 Å². The highest BCUT2D eigenvalue weighted by Gasteiger charge is 2.09. The van der Waals surface area contributed by atoms with Crippen LogP contribution in [0.1, 0.15) is 17.0 Å². The number of anilines is 1. The second-order valence-corrected chi connectivity index (χ2v) is 5.19. The van der Waals surface area contributed by atoms with Crippen molar-refractivity contribution in [2.75, 3.05) is 19.6 Å². The first-order chi connectivity index (χ1) is 12.7. The van der Waals surface area contributed by atoms with Crippen LogP contribution in [0.2, 0.25) is 0 Å². The molecule has 3 aromatic rings. The smallest absolute Gasteiger partial charge is 0.274 e. The predicted octanol–water partition coefficient (Wildman–Crippen LogP) is 0.942. The van der Waals surface area contributed by atoms with Crippen LogP contribution in [0.5, 0.6) is 11.5 Å². The largest absolute Gasteiger partial charge is 0.493 e. The quantitative estimate of drug-likeness (QED) is 0.425. The SMILES string of the molecule is COc1ccc(Cc2nnc(NN=Cc3cnc[nH]3)[nH]c2=O)cc1OC. The molecule has 0 aliphatic rings. The van der Waals surface area contributed by atoms with Gasteiger partial charge in [0, 0.05) is 6.42 Å². The zero-order valence-corrected chi connectivity index (χ0v) is 14.2. The molecule has 0 fully saturated rings. The first-order valence-corrected chi connectivity index (χ1v) is 7.64. The summed E-state index contributed by atoms with van der Waals surface area (Å²) >= 11 is 0. The number of rotatable bonds is 7. The highest BCUT2D eigenvalue weighted by atomic mass is 16.5. The Bertz CT molecular complexity index is 951. The Balaban J connectivity index is 1.70. The molecule has 2 aromatic heterocycles. The molecule has 0 aliphatic heterocycles. The summed E-state index contributed by atoms with van der Waals surface area (Å²) < 4.78 is 10.5. The highest BCUT2D eigenvalue weighted by molar-refractivity contribution is 5.76. The van der Waals surface area contributed by atoms with Gasteiger partial charge in [0.25, 0.3) is 5.56 Å². The summed E-state index contributed by atoms with van der Waals surface area (Å²) in [7, 11) is 3.12. The molecule has 26 heavy (non-hydrogen) atoms. The number of hydrogen-bond donors (Lipinski definition) is 3. The lowest BCUT2D eigenvalue weighted by Gasteiger charge is -2.09. The maximum absolute atomic E-state index is 12.2. The molecular weight excluding hydrogens is 338 g/mol. The molecule has 0 saturated heterocycles. The average Bonchev–Trinajstić information content (AvgIpc) is 3.17. The summed E-state index contributed by atoms with van der Waals surface area (Å²) in [6.45, 7) is 0. The Hall–Kier alpha value is -3.69. The number of nitrogens with one attached hydrogen (secondary N) is 3. The Morgan fingerprint density at radius 1 is 1.23 bits per heavy atom. The number of ether oxygens (including phenoxy) is 2. The number of H-pyrrole nitrogens is 2. The van der Waals surface area contributed by atoms with Crippen LogP contribution in [-0.4, -0.2) is 45.6 Å². The Labute approximate surface area is 148 Å². The molecule has 0 spiro atoms. The Kier molecular flexibility index (Phi) is 5.22. The summed E-state index contributed by atoms with van der Waals surface area (Å²) in [5.41, 5.74) is 4.08. The van der Waals surface area contributed by atoms with Gasteiger partial charge in [0.05, 0.1) is 38.7 Å². The van der Waals surface area contributed by atoms with Gasteiger partial charge >= 0.3 is 0 Å². The van der Waals surface area contributed by atoms with Gasteiger partial charge in [0.2, 0.25) is 5.95 Å². The van der Waals surface area contributed by atoms with Gasteiger partial charge < -0.3 is 14.5 Å². The summed E-state index contributed by atoms with van der Waals surface area (Å²) in [5, 5.41) is 11.8. The molecule has 1 aromatic carbocycles. The molecule has 0 amide bonds. The van der Waals surface area contributed by atoms with Gasteiger partial charge in [-0.05, 0) is 17.7 Å². The van der Waals surface area contributed by atoms with E-state index in [0.717, 1.165) is 5.56 Å². The van der Waals surface area contributed by atoms with Crippen LogP contribution in [-0.2, 0) is 6.42 Å². The number of aromatic amines is 2. The van der Waals surface area contributed by atoms with Gasteiger partial charge in [-0.25, -0.2) is 10.4 Å². The minimum atomic E-state index is -0.353. The fourth-order valence-corrected chi connectivity index (χ4v) is 2.21. The third kappa shape index (κ3) is 4.04. The van der Waals surface area contributed by atoms with Crippen molar-refractivity contribution in [1.29, 1.82) is 0 Å². The summed E-state index contributed by atoms with van der Waals surface area (Å²) in [6, 6.07) is 5.40. The minimum Gasteiger partial charge on any atom is -0.493 e. The van der Waals surface area contributed by atoms with Crippen molar-refractivity contribution in [3.05, 3.63) is 58.0 Å². The van der Waals surface area contributed by atoms with Gasteiger partial charge in [-0.2, -0.15) is 5.10 Å². The standard InChI is InChI=1S/C16H17N7O3/c1-25-13-4-3-10(6-14(13)26-2)5-12-15(24)20-16(23-21-12)22-19-8-11-7-17-9-18-11/h3-4,6-9H,5H2,1-2H3,(H,17,18)(H2,20,22,23,24). The van der Waals surface area contributed by atoms with Crippen LogP contribution >= 0.6 is 0 Å². The molecule has 0 aliphatic carbocycles. The molecular formula is C16H17N7O3. The van der Waals surface area contributed by atoms with Gasteiger partial charge in [-0.15, -0.1) is 10.2 Å². The van der Waals surface area contributed by atoms with Crippen molar-refractivity contribution >= 4 is 12.2 Å². The van der Waals surface area contributed by atoms with Crippen molar-refractivity contribution in [1.82, 2.24) is 25.1 Å². The van der Waals surface area contributed by atoms with Crippen molar-refractivity contribution in [2.24, 2.45) is 5.10 Å². The zero-order chi connectivity index (χ0) is 18.4. The van der Waals surface area contributed by atoms with Crippen LogP contribution < -0.4 is 20.5 Å². The number of aromatic nitrogens is 5. The second kappa shape index (κ2) is 7.92. The van der Waals surface area contributed by atoms with Crippen LogP contribution in [0, 0.1) is 0 Å². The van der Waals surface area contributed by atoms with E-state index >= 15 is 0 Å². The molecule has 3 rings (SSSR count). The van der Waals surface area contributed by atoms with E-state index in [-0.39, 0.29) is 17.2 Å². The van der Waals surface area contributed by atoms with Crippen molar-refractivity contribution in [3.63, 3.8) is 0 Å². The van der Waals surface area contributed by atoms with Crippen molar-refractivity contribution in [2.45, 2.75) is 6.42 Å². The first kappa shape index (κ1) is 17.1. The first-order valence-electron chi connectivity index (χ1n) is 7.64. The van der Waals surface area contributed by atoms with Crippen LogP contribution in [0.4, 0.5) is 5.95 Å². The third-order valence-corrected chi connectivity index (χ3v) is 3.48. The van der Waals surface area contributed by atoms with Crippen LogP contribution in [0.3, 0.4) is 0 Å². The summed E-state index contributed by atoms with van der Waals surface area (Å²) in [4.78, 5) is 21.5. The molecule has 0 saturated carbocycles. The zero-order valence-electron chi connectivity index (χ0n) is 14.2. The molecule has 2 heterocycles. The molecule has 3 N–H and O–H groups in total. The van der Waals surface area contributed by atoms with Crippen molar-refractivity contribution < 1.29 is 9.47 Å². The van der Waals surface area contributed by atoms with Crippen LogP contribution in [0.25, 0.3) is 0 Å². The number of hydrazone groups is 1.